The summed E-state index contributed by atoms with van der Waals surface area (Å²) in [6.07, 6.45) is 3.43. The number of hydrogen-bond donors (Lipinski definition) is 1. The summed E-state index contributed by atoms with van der Waals surface area (Å²) in [5.74, 6) is 1.25. The molecule has 0 unspecified atom stereocenters. The van der Waals surface area contributed by atoms with E-state index in [0.717, 1.165) is 31.0 Å². The minimum Gasteiger partial charge on any atom is -0.494 e. The summed E-state index contributed by atoms with van der Waals surface area (Å²) in [4.78, 5) is 10.5. The van der Waals surface area contributed by atoms with Gasteiger partial charge in [0.1, 0.15) is 5.75 Å². The zero-order valence-corrected chi connectivity index (χ0v) is 12.5. The number of hydrogen-bond acceptors (Lipinski definition) is 4. The van der Waals surface area contributed by atoms with Crippen molar-refractivity contribution in [3.8, 4) is 5.75 Å². The lowest BCUT2D eigenvalue weighted by Gasteiger charge is -2.10. The van der Waals surface area contributed by atoms with Gasteiger partial charge in [-0.2, -0.15) is 0 Å². The number of anilines is 1. The average Bonchev–Trinajstić information content (AvgIpc) is 2.38. The van der Waals surface area contributed by atoms with Crippen molar-refractivity contribution in [2.24, 2.45) is 5.92 Å². The van der Waals surface area contributed by atoms with Crippen molar-refractivity contribution < 1.29 is 9.66 Å². The van der Waals surface area contributed by atoms with Crippen molar-refractivity contribution in [2.75, 3.05) is 18.5 Å². The molecule has 20 heavy (non-hydrogen) atoms. The van der Waals surface area contributed by atoms with Gasteiger partial charge in [0.25, 0.3) is 5.69 Å². The number of rotatable bonds is 9. The summed E-state index contributed by atoms with van der Waals surface area (Å²) in [6, 6.07) is 4.80. The van der Waals surface area contributed by atoms with Gasteiger partial charge < -0.3 is 10.1 Å². The first kappa shape index (κ1) is 16.3. The van der Waals surface area contributed by atoms with Crippen LogP contribution in [0.5, 0.6) is 5.75 Å². The number of benzene rings is 1. The fourth-order valence-corrected chi connectivity index (χ4v) is 1.95. The van der Waals surface area contributed by atoms with E-state index in [4.69, 9.17) is 4.74 Å². The SMILES string of the molecule is CCOc1cc(NCCCCC(C)C)cc([N+](=O)[O-])c1. The normalized spacial score (nSPS) is 10.6. The predicted molar refractivity (Wildman–Crippen MR) is 81.4 cm³/mol. The molecule has 0 aromatic heterocycles. The van der Waals surface area contributed by atoms with Crippen molar-refractivity contribution in [3.63, 3.8) is 0 Å². The number of non-ortho nitro benzene ring substituents is 1. The van der Waals surface area contributed by atoms with Crippen LogP contribution in [0.25, 0.3) is 0 Å². The van der Waals surface area contributed by atoms with Crippen LogP contribution in [0.1, 0.15) is 40.0 Å². The smallest absolute Gasteiger partial charge is 0.275 e. The number of unbranched alkanes of at least 4 members (excludes halogenated alkanes) is 1. The summed E-state index contributed by atoms with van der Waals surface area (Å²) in [5.41, 5.74) is 0.799. The maximum atomic E-state index is 10.9. The third-order valence-electron chi connectivity index (χ3n) is 2.95. The second kappa shape index (κ2) is 8.40. The van der Waals surface area contributed by atoms with Gasteiger partial charge in [-0.25, -0.2) is 0 Å². The Kier molecular flexibility index (Phi) is 6.84. The number of ether oxygens (including phenoxy) is 1. The molecule has 0 amide bonds. The zero-order valence-electron chi connectivity index (χ0n) is 12.5. The Morgan fingerprint density at radius 2 is 2.05 bits per heavy atom. The lowest BCUT2D eigenvalue weighted by Crippen LogP contribution is -2.03. The summed E-state index contributed by atoms with van der Waals surface area (Å²) >= 11 is 0. The molecule has 1 rings (SSSR count). The summed E-state index contributed by atoms with van der Waals surface area (Å²) < 4.78 is 5.35. The zero-order chi connectivity index (χ0) is 15.0. The molecule has 0 heterocycles. The van der Waals surface area contributed by atoms with E-state index in [1.807, 2.05) is 6.92 Å². The highest BCUT2D eigenvalue weighted by atomic mass is 16.6. The monoisotopic (exact) mass is 280 g/mol. The highest BCUT2D eigenvalue weighted by Gasteiger charge is 2.10. The van der Waals surface area contributed by atoms with E-state index >= 15 is 0 Å². The molecule has 0 radical (unpaired) electrons. The molecule has 0 bridgehead atoms. The van der Waals surface area contributed by atoms with Crippen LogP contribution in [-0.4, -0.2) is 18.1 Å². The second-order valence-corrected chi connectivity index (χ2v) is 5.22. The van der Waals surface area contributed by atoms with Crippen LogP contribution in [-0.2, 0) is 0 Å². The molecule has 0 spiro atoms. The first-order valence-electron chi connectivity index (χ1n) is 7.19. The number of nitro groups is 1. The molecule has 1 N–H and O–H groups in total. The van der Waals surface area contributed by atoms with Crippen molar-refractivity contribution in [2.45, 2.75) is 40.0 Å². The van der Waals surface area contributed by atoms with Crippen LogP contribution < -0.4 is 10.1 Å². The molecule has 0 aliphatic rings. The van der Waals surface area contributed by atoms with Gasteiger partial charge in [0, 0.05) is 24.4 Å². The molecule has 5 heteroatoms. The number of nitrogens with one attached hydrogen (secondary N) is 1. The predicted octanol–water partition coefficient (Wildman–Crippen LogP) is 4.23. The largest absolute Gasteiger partial charge is 0.494 e. The molecule has 112 valence electrons. The van der Waals surface area contributed by atoms with Crippen LogP contribution in [0.15, 0.2) is 18.2 Å². The van der Waals surface area contributed by atoms with E-state index in [0.29, 0.717) is 12.4 Å². The Morgan fingerprint density at radius 3 is 2.65 bits per heavy atom. The number of nitrogens with zero attached hydrogens (tertiary/aromatic N) is 1. The van der Waals surface area contributed by atoms with Gasteiger partial charge in [0.05, 0.1) is 17.6 Å². The lowest BCUT2D eigenvalue weighted by molar-refractivity contribution is -0.384. The quantitative estimate of drug-likeness (QED) is 0.417. The topological polar surface area (TPSA) is 64.4 Å². The van der Waals surface area contributed by atoms with Gasteiger partial charge in [-0.15, -0.1) is 0 Å². The van der Waals surface area contributed by atoms with E-state index in [-0.39, 0.29) is 5.69 Å². The van der Waals surface area contributed by atoms with Crippen molar-refractivity contribution >= 4 is 11.4 Å². The van der Waals surface area contributed by atoms with Crippen molar-refractivity contribution in [1.29, 1.82) is 0 Å². The minimum absolute atomic E-state index is 0.0561. The molecular weight excluding hydrogens is 256 g/mol. The van der Waals surface area contributed by atoms with Crippen LogP contribution in [0.3, 0.4) is 0 Å². The first-order chi connectivity index (χ1) is 9.52. The van der Waals surface area contributed by atoms with Gasteiger partial charge in [-0.3, -0.25) is 10.1 Å². The molecule has 0 atom stereocenters. The third kappa shape index (κ3) is 5.91. The molecule has 0 fully saturated rings. The Hall–Kier alpha value is -1.78. The van der Waals surface area contributed by atoms with E-state index < -0.39 is 4.92 Å². The molecule has 5 nitrogen and oxygen atoms in total. The maximum absolute atomic E-state index is 10.9. The molecule has 0 saturated carbocycles. The first-order valence-corrected chi connectivity index (χ1v) is 7.19. The molecular formula is C15H24N2O3. The fourth-order valence-electron chi connectivity index (χ4n) is 1.95. The Labute approximate surface area is 120 Å². The molecule has 0 saturated heterocycles. The van der Waals surface area contributed by atoms with Crippen LogP contribution in [0, 0.1) is 16.0 Å². The van der Waals surface area contributed by atoms with Crippen LogP contribution in [0.4, 0.5) is 11.4 Å². The Morgan fingerprint density at radius 1 is 1.30 bits per heavy atom. The summed E-state index contributed by atoms with van der Waals surface area (Å²) in [7, 11) is 0. The highest BCUT2D eigenvalue weighted by molar-refractivity contribution is 5.56. The third-order valence-corrected chi connectivity index (χ3v) is 2.95. The van der Waals surface area contributed by atoms with Gasteiger partial charge in [0.15, 0.2) is 0 Å². The molecule has 0 aliphatic heterocycles. The van der Waals surface area contributed by atoms with Gasteiger partial charge >= 0.3 is 0 Å². The van der Waals surface area contributed by atoms with Gasteiger partial charge in [0.2, 0.25) is 0 Å². The summed E-state index contributed by atoms with van der Waals surface area (Å²) in [6.45, 7) is 7.59. The molecule has 1 aromatic rings. The highest BCUT2D eigenvalue weighted by Crippen LogP contribution is 2.26. The Bertz CT molecular complexity index is 433. The van der Waals surface area contributed by atoms with E-state index in [1.54, 1.807) is 12.1 Å². The van der Waals surface area contributed by atoms with Crippen molar-refractivity contribution in [3.05, 3.63) is 28.3 Å². The minimum atomic E-state index is -0.396. The number of nitro benzene ring substituents is 1. The standard InChI is InChI=1S/C15H24N2O3/c1-4-20-15-10-13(9-14(11-15)17(18)19)16-8-6-5-7-12(2)3/h9-12,16H,4-8H2,1-3H3. The van der Waals surface area contributed by atoms with Gasteiger partial charge in [-0.05, 0) is 19.3 Å². The maximum Gasteiger partial charge on any atom is 0.275 e. The van der Waals surface area contributed by atoms with Crippen molar-refractivity contribution in [1.82, 2.24) is 0 Å². The molecule has 1 aromatic carbocycles. The Balaban J connectivity index is 2.57. The van der Waals surface area contributed by atoms with E-state index in [2.05, 4.69) is 19.2 Å². The second-order valence-electron chi connectivity index (χ2n) is 5.22. The lowest BCUT2D eigenvalue weighted by atomic mass is 10.1. The van der Waals surface area contributed by atoms with Crippen LogP contribution in [0.2, 0.25) is 0 Å². The average molecular weight is 280 g/mol. The summed E-state index contributed by atoms with van der Waals surface area (Å²) in [5, 5.41) is 14.1. The fraction of sp³-hybridized carbons (Fsp3) is 0.600. The van der Waals surface area contributed by atoms with Crippen LogP contribution >= 0.6 is 0 Å². The molecule has 0 aliphatic carbocycles. The van der Waals surface area contributed by atoms with Gasteiger partial charge in [-0.1, -0.05) is 26.7 Å². The van der Waals surface area contributed by atoms with E-state index in [9.17, 15) is 10.1 Å². The van der Waals surface area contributed by atoms with E-state index in [1.165, 1.54) is 12.5 Å².